The number of benzene rings is 3. The van der Waals surface area contributed by atoms with Crippen LogP contribution in [0.4, 0.5) is 11.5 Å². The Bertz CT molecular complexity index is 1630. The van der Waals surface area contributed by atoms with Crippen molar-refractivity contribution in [1.29, 1.82) is 0 Å². The second-order valence-corrected chi connectivity index (χ2v) is 11.5. The Labute approximate surface area is 222 Å². The lowest BCUT2D eigenvalue weighted by atomic mass is 10.0. The van der Waals surface area contributed by atoms with Gasteiger partial charge in [0.2, 0.25) is 10.0 Å². The molecule has 10 heteroatoms. The zero-order chi connectivity index (χ0) is 27.7. The van der Waals surface area contributed by atoms with Crippen LogP contribution in [-0.2, 0) is 10.0 Å². The Morgan fingerprint density at radius 3 is 2.32 bits per heavy atom. The molecule has 4 rings (SSSR count). The number of aryl methyl sites for hydroxylation is 1. The maximum Gasteiger partial charge on any atom is 0.254 e. The maximum absolute atomic E-state index is 13.1. The minimum absolute atomic E-state index is 0.193. The summed E-state index contributed by atoms with van der Waals surface area (Å²) in [6, 6.07) is 18.0. The molecule has 3 aromatic carbocycles. The molecule has 0 bridgehead atoms. The van der Waals surface area contributed by atoms with Crippen LogP contribution >= 0.6 is 0 Å². The Morgan fingerprint density at radius 1 is 0.947 bits per heavy atom. The highest BCUT2D eigenvalue weighted by Crippen LogP contribution is 2.33. The highest BCUT2D eigenvalue weighted by molar-refractivity contribution is 7.89. The van der Waals surface area contributed by atoms with E-state index < -0.39 is 15.6 Å². The predicted octanol–water partition coefficient (Wildman–Crippen LogP) is 4.79. The molecule has 1 aromatic heterocycles. The molecule has 0 saturated heterocycles. The molecule has 3 N–H and O–H groups in total. The first-order valence-corrected chi connectivity index (χ1v) is 13.5. The first-order valence-electron chi connectivity index (χ1n) is 12.0. The molecule has 38 heavy (non-hydrogen) atoms. The van der Waals surface area contributed by atoms with Crippen molar-refractivity contribution in [3.05, 3.63) is 71.8 Å². The van der Waals surface area contributed by atoms with Crippen LogP contribution in [0.1, 0.15) is 36.7 Å². The zero-order valence-electron chi connectivity index (χ0n) is 22.2. The van der Waals surface area contributed by atoms with Gasteiger partial charge in [-0.25, -0.2) is 13.1 Å². The first-order chi connectivity index (χ1) is 17.9. The molecule has 198 valence electrons. The number of carbonyl (C=O) groups excluding carboxylic acids is 1. The van der Waals surface area contributed by atoms with E-state index in [-0.39, 0.29) is 10.8 Å². The number of methoxy groups -OCH3 is 1. The molecule has 0 aliphatic carbocycles. The third-order valence-electron chi connectivity index (χ3n) is 5.81. The number of anilines is 2. The second kappa shape index (κ2) is 10.4. The van der Waals surface area contributed by atoms with E-state index in [9.17, 15) is 13.2 Å². The van der Waals surface area contributed by atoms with Crippen LogP contribution in [0, 0.1) is 6.92 Å². The smallest absolute Gasteiger partial charge is 0.254 e. The van der Waals surface area contributed by atoms with Crippen molar-refractivity contribution >= 4 is 38.2 Å². The molecule has 0 aliphatic rings. The van der Waals surface area contributed by atoms with E-state index in [1.807, 2.05) is 30.3 Å². The van der Waals surface area contributed by atoms with E-state index in [4.69, 9.17) is 4.74 Å². The van der Waals surface area contributed by atoms with Gasteiger partial charge in [0.05, 0.1) is 17.6 Å². The maximum atomic E-state index is 13.1. The molecule has 9 nitrogen and oxygen atoms in total. The summed E-state index contributed by atoms with van der Waals surface area (Å²) in [4.78, 5) is 12.5. The number of fused-ring (bicyclic) bond motifs is 1. The number of hydrogen-bond acceptors (Lipinski definition) is 7. The molecule has 0 atom stereocenters. The van der Waals surface area contributed by atoms with Crippen molar-refractivity contribution in [2.75, 3.05) is 19.5 Å². The van der Waals surface area contributed by atoms with E-state index in [0.29, 0.717) is 39.6 Å². The first kappa shape index (κ1) is 27.0. The van der Waals surface area contributed by atoms with Gasteiger partial charge in [0.15, 0.2) is 5.82 Å². The summed E-state index contributed by atoms with van der Waals surface area (Å²) in [6.07, 6.45) is 0. The highest BCUT2D eigenvalue weighted by atomic mass is 32.2. The average molecular weight is 534 g/mol. The van der Waals surface area contributed by atoms with Crippen LogP contribution < -0.4 is 20.1 Å². The summed E-state index contributed by atoms with van der Waals surface area (Å²) in [5.41, 5.74) is 2.21. The van der Waals surface area contributed by atoms with E-state index in [1.54, 1.807) is 65.1 Å². The molecule has 0 aliphatic heterocycles. The number of rotatable bonds is 7. The lowest BCUT2D eigenvalue weighted by molar-refractivity contribution is 0.0960. The van der Waals surface area contributed by atoms with Crippen LogP contribution in [0.5, 0.6) is 5.75 Å². The standard InChI is InChI=1S/C28H31N5O4S/c1-17-11-12-18(15-24(17)38(35,36)33-28(2,3)4)25-20-9-7-8-10-21(20)26(32-31-25)30-19-13-14-23(37-6)22(16-19)27(34)29-5/h7-16,33H,1-6H3,(H,29,34)(H,30,32). The molecular weight excluding hydrogens is 502 g/mol. The monoisotopic (exact) mass is 533 g/mol. The minimum atomic E-state index is -3.75. The van der Waals surface area contributed by atoms with Crippen molar-refractivity contribution < 1.29 is 17.9 Å². The number of ether oxygens (including phenoxy) is 1. The molecule has 0 saturated carbocycles. The number of nitrogens with one attached hydrogen (secondary N) is 3. The lowest BCUT2D eigenvalue weighted by Gasteiger charge is -2.21. The molecule has 1 heterocycles. The SMILES string of the molecule is CNC(=O)c1cc(Nc2nnc(-c3ccc(C)c(S(=O)(=O)NC(C)(C)C)c3)c3ccccc23)ccc1OC. The normalized spacial score (nSPS) is 11.8. The summed E-state index contributed by atoms with van der Waals surface area (Å²) in [7, 11) is -0.690. The summed E-state index contributed by atoms with van der Waals surface area (Å²) >= 11 is 0. The molecular formula is C28H31N5O4S. The largest absolute Gasteiger partial charge is 0.496 e. The number of sulfonamides is 1. The second-order valence-electron chi connectivity index (χ2n) is 9.90. The number of aromatic nitrogens is 2. The Balaban J connectivity index is 1.79. The van der Waals surface area contributed by atoms with Crippen LogP contribution in [-0.4, -0.2) is 44.2 Å². The number of hydrogen-bond donors (Lipinski definition) is 3. The van der Waals surface area contributed by atoms with Crippen LogP contribution in [0.15, 0.2) is 65.6 Å². The number of nitrogens with zero attached hydrogens (tertiary/aromatic N) is 2. The summed E-state index contributed by atoms with van der Waals surface area (Å²) in [5, 5.41) is 16.3. The van der Waals surface area contributed by atoms with Gasteiger partial charge in [-0.05, 0) is 57.5 Å². The Hall–Kier alpha value is -4.02. The van der Waals surface area contributed by atoms with E-state index in [1.165, 1.54) is 7.11 Å². The highest BCUT2D eigenvalue weighted by Gasteiger charge is 2.24. The van der Waals surface area contributed by atoms with Crippen molar-refractivity contribution in [3.8, 4) is 17.0 Å². The van der Waals surface area contributed by atoms with Crippen LogP contribution in [0.3, 0.4) is 0 Å². The summed E-state index contributed by atoms with van der Waals surface area (Å²) < 4.78 is 34.3. The van der Waals surface area contributed by atoms with Gasteiger partial charge in [0.25, 0.3) is 5.91 Å². The Morgan fingerprint density at radius 2 is 1.66 bits per heavy atom. The number of amides is 1. The quantitative estimate of drug-likeness (QED) is 0.312. The number of carbonyl (C=O) groups is 1. The molecule has 0 fully saturated rings. The molecule has 1 amide bonds. The third kappa shape index (κ3) is 5.61. The van der Waals surface area contributed by atoms with Crippen molar-refractivity contribution in [3.63, 3.8) is 0 Å². The van der Waals surface area contributed by atoms with E-state index >= 15 is 0 Å². The molecule has 0 unspecified atom stereocenters. The van der Waals surface area contributed by atoms with E-state index in [0.717, 1.165) is 10.8 Å². The molecule has 0 spiro atoms. The molecule has 0 radical (unpaired) electrons. The van der Waals surface area contributed by atoms with Gasteiger partial charge in [-0.2, -0.15) is 0 Å². The van der Waals surface area contributed by atoms with Gasteiger partial charge in [0, 0.05) is 34.6 Å². The van der Waals surface area contributed by atoms with Crippen LogP contribution in [0.25, 0.3) is 22.0 Å². The van der Waals surface area contributed by atoms with Gasteiger partial charge in [-0.1, -0.05) is 36.4 Å². The summed E-state index contributed by atoms with van der Waals surface area (Å²) in [6.45, 7) is 7.17. The lowest BCUT2D eigenvalue weighted by Crippen LogP contribution is -2.40. The topological polar surface area (TPSA) is 122 Å². The minimum Gasteiger partial charge on any atom is -0.496 e. The van der Waals surface area contributed by atoms with Crippen molar-refractivity contribution in [2.24, 2.45) is 0 Å². The fourth-order valence-electron chi connectivity index (χ4n) is 4.14. The third-order valence-corrected chi connectivity index (χ3v) is 7.71. The summed E-state index contributed by atoms with van der Waals surface area (Å²) in [5.74, 6) is 0.668. The predicted molar refractivity (Wildman–Crippen MR) is 149 cm³/mol. The average Bonchev–Trinajstić information content (AvgIpc) is 2.87. The molecule has 4 aromatic rings. The van der Waals surface area contributed by atoms with Gasteiger partial charge >= 0.3 is 0 Å². The zero-order valence-corrected chi connectivity index (χ0v) is 23.0. The van der Waals surface area contributed by atoms with Gasteiger partial charge in [-0.15, -0.1) is 10.2 Å². The van der Waals surface area contributed by atoms with Crippen molar-refractivity contribution in [2.45, 2.75) is 38.1 Å². The van der Waals surface area contributed by atoms with Crippen LogP contribution in [0.2, 0.25) is 0 Å². The fourth-order valence-corrected chi connectivity index (χ4v) is 5.83. The van der Waals surface area contributed by atoms with Gasteiger partial charge in [0.1, 0.15) is 11.4 Å². The van der Waals surface area contributed by atoms with Gasteiger partial charge in [-0.3, -0.25) is 4.79 Å². The van der Waals surface area contributed by atoms with E-state index in [2.05, 4.69) is 25.6 Å². The van der Waals surface area contributed by atoms with Gasteiger partial charge < -0.3 is 15.4 Å². The van der Waals surface area contributed by atoms with Crippen molar-refractivity contribution in [1.82, 2.24) is 20.2 Å². The fraction of sp³-hybridized carbons (Fsp3) is 0.250. The Kier molecular flexibility index (Phi) is 7.39.